The van der Waals surface area contributed by atoms with E-state index in [1.54, 1.807) is 0 Å². The quantitative estimate of drug-likeness (QED) is 0.370. The number of carboxylic acid groups (broad SMARTS) is 1. The molecule has 1 aromatic rings. The lowest BCUT2D eigenvalue weighted by molar-refractivity contribution is -0.393. The van der Waals surface area contributed by atoms with E-state index in [4.69, 9.17) is 0 Å². The fourth-order valence-electron chi connectivity index (χ4n) is 2.76. The Balaban J connectivity index is 3.16. The molecule has 0 aliphatic carbocycles. The van der Waals surface area contributed by atoms with E-state index in [0.717, 1.165) is 12.1 Å². The molecule has 0 aliphatic heterocycles. The first-order valence-corrected chi connectivity index (χ1v) is 9.14. The Morgan fingerprint density at radius 2 is 1.55 bits per heavy atom. The molecule has 2 atom stereocenters. The summed E-state index contributed by atoms with van der Waals surface area (Å²) in [6, 6.07) is 1.03. The Bertz CT molecular complexity index is 779. The van der Waals surface area contributed by atoms with Crippen LogP contribution < -0.4 is 10.6 Å². The molecule has 2 unspecified atom stereocenters. The highest BCUT2D eigenvalue weighted by molar-refractivity contribution is 5.89. The zero-order chi connectivity index (χ0) is 22.3. The maximum atomic E-state index is 12.7. The van der Waals surface area contributed by atoms with Crippen molar-refractivity contribution in [2.45, 2.75) is 52.6 Å². The summed E-state index contributed by atoms with van der Waals surface area (Å²) >= 11 is 0. The van der Waals surface area contributed by atoms with Gasteiger partial charge in [-0.3, -0.25) is 25.0 Å². The predicted molar refractivity (Wildman–Crippen MR) is 106 cm³/mol. The zero-order valence-electron chi connectivity index (χ0n) is 16.7. The third kappa shape index (κ3) is 7.35. The van der Waals surface area contributed by atoms with Crippen LogP contribution in [-0.4, -0.2) is 38.9 Å². The minimum absolute atomic E-state index is 0.0173. The van der Waals surface area contributed by atoms with E-state index < -0.39 is 45.2 Å². The normalized spacial score (nSPS) is 13.0. The SMILES string of the molecule is CC(C)CC(NC(=O)C(CC(C)C)Nc1ccc([N+](=O)[O-])cc1[N+](=O)[O-])C(=O)O. The minimum atomic E-state index is -1.17. The van der Waals surface area contributed by atoms with Gasteiger partial charge in [-0.15, -0.1) is 0 Å². The Morgan fingerprint density at radius 3 is 2.00 bits per heavy atom. The second-order valence-electron chi connectivity index (χ2n) is 7.57. The maximum absolute atomic E-state index is 12.7. The molecule has 11 nitrogen and oxygen atoms in total. The fourth-order valence-corrected chi connectivity index (χ4v) is 2.76. The fraction of sp³-hybridized carbons (Fsp3) is 0.556. The molecular formula is C18H26N4O7. The van der Waals surface area contributed by atoms with Crippen molar-refractivity contribution in [2.24, 2.45) is 11.8 Å². The van der Waals surface area contributed by atoms with Crippen LogP contribution in [0.3, 0.4) is 0 Å². The van der Waals surface area contributed by atoms with Gasteiger partial charge >= 0.3 is 5.97 Å². The van der Waals surface area contributed by atoms with Gasteiger partial charge in [0.25, 0.3) is 11.4 Å². The molecule has 3 N–H and O–H groups in total. The number of carbonyl (C=O) groups is 2. The molecule has 0 fully saturated rings. The standard InChI is InChI=1S/C18H26N4O7/c1-10(2)7-14(17(23)20-15(18(24)25)8-11(3)4)19-13-6-5-12(21(26)27)9-16(13)22(28)29/h5-6,9-11,14-15,19H,7-8H2,1-4H3,(H,20,23)(H,24,25). The molecule has 29 heavy (non-hydrogen) atoms. The first-order valence-electron chi connectivity index (χ1n) is 9.14. The first-order chi connectivity index (χ1) is 13.4. The van der Waals surface area contributed by atoms with Gasteiger partial charge in [0, 0.05) is 6.07 Å². The summed E-state index contributed by atoms with van der Waals surface area (Å²) in [7, 11) is 0. The minimum Gasteiger partial charge on any atom is -0.480 e. The van der Waals surface area contributed by atoms with Crippen LogP contribution in [-0.2, 0) is 9.59 Å². The molecule has 0 saturated carbocycles. The molecule has 11 heteroatoms. The lowest BCUT2D eigenvalue weighted by Gasteiger charge is -2.24. The maximum Gasteiger partial charge on any atom is 0.326 e. The number of carboxylic acids is 1. The molecule has 0 aliphatic rings. The summed E-state index contributed by atoms with van der Waals surface area (Å²) in [5, 5.41) is 36.8. The number of hydrogen-bond donors (Lipinski definition) is 3. The number of anilines is 1. The number of aliphatic carboxylic acids is 1. The second kappa shape index (κ2) is 10.3. The molecule has 0 radical (unpaired) electrons. The molecule has 0 bridgehead atoms. The van der Waals surface area contributed by atoms with E-state index in [2.05, 4.69) is 10.6 Å². The van der Waals surface area contributed by atoms with E-state index in [0.29, 0.717) is 0 Å². The number of nitrogens with zero attached hydrogens (tertiary/aromatic N) is 2. The summed E-state index contributed by atoms with van der Waals surface area (Å²) in [5.41, 5.74) is -1.05. The Hall–Kier alpha value is -3.24. The lowest BCUT2D eigenvalue weighted by atomic mass is 10.00. The number of benzene rings is 1. The van der Waals surface area contributed by atoms with Gasteiger partial charge in [-0.1, -0.05) is 27.7 Å². The molecule has 0 aromatic heterocycles. The molecule has 1 rings (SSSR count). The van der Waals surface area contributed by atoms with Crippen molar-refractivity contribution < 1.29 is 24.5 Å². The van der Waals surface area contributed by atoms with Crippen molar-refractivity contribution in [3.63, 3.8) is 0 Å². The number of carbonyl (C=O) groups excluding carboxylic acids is 1. The summed E-state index contributed by atoms with van der Waals surface area (Å²) in [6.07, 6.45) is 0.501. The third-order valence-corrected chi connectivity index (χ3v) is 4.06. The lowest BCUT2D eigenvalue weighted by Crippen LogP contribution is -2.48. The van der Waals surface area contributed by atoms with Crippen LogP contribution in [0.25, 0.3) is 0 Å². The van der Waals surface area contributed by atoms with Gasteiger partial charge in [0.05, 0.1) is 15.9 Å². The van der Waals surface area contributed by atoms with E-state index in [1.807, 2.05) is 27.7 Å². The average molecular weight is 410 g/mol. The predicted octanol–water partition coefficient (Wildman–Crippen LogP) is 2.95. The monoisotopic (exact) mass is 410 g/mol. The van der Waals surface area contributed by atoms with E-state index >= 15 is 0 Å². The molecule has 0 saturated heterocycles. The van der Waals surface area contributed by atoms with Crippen LogP contribution in [0.5, 0.6) is 0 Å². The third-order valence-electron chi connectivity index (χ3n) is 4.06. The largest absolute Gasteiger partial charge is 0.480 e. The molecule has 0 heterocycles. The number of amides is 1. The summed E-state index contributed by atoms with van der Waals surface area (Å²) in [5.74, 6) is -1.73. The van der Waals surface area contributed by atoms with Gasteiger partial charge in [0.2, 0.25) is 5.91 Å². The van der Waals surface area contributed by atoms with Crippen molar-refractivity contribution in [2.75, 3.05) is 5.32 Å². The van der Waals surface area contributed by atoms with Gasteiger partial charge in [0.15, 0.2) is 0 Å². The van der Waals surface area contributed by atoms with Crippen LogP contribution in [0, 0.1) is 32.1 Å². The molecular weight excluding hydrogens is 384 g/mol. The zero-order valence-corrected chi connectivity index (χ0v) is 16.7. The highest BCUT2D eigenvalue weighted by atomic mass is 16.6. The van der Waals surface area contributed by atoms with E-state index in [9.17, 15) is 34.9 Å². The number of non-ortho nitro benzene ring substituents is 1. The Kier molecular flexibility index (Phi) is 8.49. The van der Waals surface area contributed by atoms with Crippen molar-refractivity contribution in [3.8, 4) is 0 Å². The molecule has 160 valence electrons. The van der Waals surface area contributed by atoms with Crippen LogP contribution in [0.1, 0.15) is 40.5 Å². The van der Waals surface area contributed by atoms with Gasteiger partial charge < -0.3 is 15.7 Å². The van der Waals surface area contributed by atoms with Gasteiger partial charge in [-0.2, -0.15) is 0 Å². The highest BCUT2D eigenvalue weighted by Gasteiger charge is 2.29. The van der Waals surface area contributed by atoms with Crippen LogP contribution in [0.2, 0.25) is 0 Å². The number of nitro groups is 2. The van der Waals surface area contributed by atoms with Crippen molar-refractivity contribution in [3.05, 3.63) is 38.4 Å². The number of rotatable bonds is 11. The van der Waals surface area contributed by atoms with Gasteiger partial charge in [-0.05, 0) is 30.7 Å². The van der Waals surface area contributed by atoms with Gasteiger partial charge in [0.1, 0.15) is 17.8 Å². The number of nitrogens with one attached hydrogen (secondary N) is 2. The summed E-state index contributed by atoms with van der Waals surface area (Å²) < 4.78 is 0. The second-order valence-corrected chi connectivity index (χ2v) is 7.57. The van der Waals surface area contributed by atoms with Crippen molar-refractivity contribution >= 4 is 28.9 Å². The molecule has 1 aromatic carbocycles. The summed E-state index contributed by atoms with van der Waals surface area (Å²) in [6.45, 7) is 7.34. The van der Waals surface area contributed by atoms with E-state index in [-0.39, 0.29) is 30.4 Å². The van der Waals surface area contributed by atoms with Crippen LogP contribution in [0.4, 0.5) is 17.1 Å². The van der Waals surface area contributed by atoms with Crippen LogP contribution >= 0.6 is 0 Å². The highest BCUT2D eigenvalue weighted by Crippen LogP contribution is 2.30. The Morgan fingerprint density at radius 1 is 1.00 bits per heavy atom. The van der Waals surface area contributed by atoms with Crippen LogP contribution in [0.15, 0.2) is 18.2 Å². The van der Waals surface area contributed by atoms with Crippen molar-refractivity contribution in [1.29, 1.82) is 0 Å². The first kappa shape index (κ1) is 23.8. The number of hydrogen-bond acceptors (Lipinski definition) is 7. The number of nitro benzene ring substituents is 2. The average Bonchev–Trinajstić information content (AvgIpc) is 2.59. The van der Waals surface area contributed by atoms with Gasteiger partial charge in [-0.25, -0.2) is 4.79 Å². The summed E-state index contributed by atoms with van der Waals surface area (Å²) in [4.78, 5) is 44.8. The molecule has 1 amide bonds. The smallest absolute Gasteiger partial charge is 0.326 e. The Labute approximate surface area is 167 Å². The van der Waals surface area contributed by atoms with Crippen molar-refractivity contribution in [1.82, 2.24) is 5.32 Å². The topological polar surface area (TPSA) is 165 Å². The van der Waals surface area contributed by atoms with E-state index in [1.165, 1.54) is 6.07 Å². The molecule has 0 spiro atoms.